The normalized spacial score (nSPS) is 12.7. The second-order valence-electron chi connectivity index (χ2n) is 5.11. The van der Waals surface area contributed by atoms with Crippen molar-refractivity contribution in [2.24, 2.45) is 0 Å². The Labute approximate surface area is 140 Å². The first-order valence-corrected chi connectivity index (χ1v) is 8.80. The van der Waals surface area contributed by atoms with E-state index in [0.717, 1.165) is 5.56 Å². The number of carbonyl (C=O) groups is 1. The van der Waals surface area contributed by atoms with Crippen LogP contribution < -0.4 is 10.0 Å². The van der Waals surface area contributed by atoms with Gasteiger partial charge in [0, 0.05) is 10.7 Å². The lowest BCUT2D eigenvalue weighted by Crippen LogP contribution is -2.41. The fraction of sp³-hybridized carbons (Fsp3) is 0.188. The van der Waals surface area contributed by atoms with E-state index in [1.807, 2.05) is 6.92 Å². The van der Waals surface area contributed by atoms with Gasteiger partial charge in [0.1, 0.15) is 0 Å². The van der Waals surface area contributed by atoms with E-state index >= 15 is 0 Å². The van der Waals surface area contributed by atoms with Gasteiger partial charge >= 0.3 is 0 Å². The van der Waals surface area contributed by atoms with Crippen LogP contribution in [0.5, 0.6) is 0 Å². The fourth-order valence-corrected chi connectivity index (χ4v) is 3.28. The molecule has 23 heavy (non-hydrogen) atoms. The van der Waals surface area contributed by atoms with Gasteiger partial charge in [-0.2, -0.15) is 4.72 Å². The summed E-state index contributed by atoms with van der Waals surface area (Å²) in [6.45, 7) is 3.33. The number of nitrogens with one attached hydrogen (secondary N) is 2. The third kappa shape index (κ3) is 4.54. The number of benzene rings is 2. The van der Waals surface area contributed by atoms with E-state index in [2.05, 4.69) is 10.0 Å². The number of anilines is 1. The summed E-state index contributed by atoms with van der Waals surface area (Å²) < 4.78 is 26.7. The molecule has 122 valence electrons. The zero-order chi connectivity index (χ0) is 17.0. The molecule has 2 N–H and O–H groups in total. The van der Waals surface area contributed by atoms with Crippen molar-refractivity contribution in [2.75, 3.05) is 5.32 Å². The number of amides is 1. The summed E-state index contributed by atoms with van der Waals surface area (Å²) in [4.78, 5) is 12.2. The zero-order valence-electron chi connectivity index (χ0n) is 12.7. The molecule has 2 aromatic rings. The molecule has 0 aliphatic heterocycles. The van der Waals surface area contributed by atoms with E-state index < -0.39 is 22.0 Å². The van der Waals surface area contributed by atoms with E-state index in [0.29, 0.717) is 10.7 Å². The van der Waals surface area contributed by atoms with Crippen LogP contribution in [0, 0.1) is 6.92 Å². The Hall–Kier alpha value is -1.89. The van der Waals surface area contributed by atoms with Crippen LogP contribution in [0.4, 0.5) is 5.69 Å². The van der Waals surface area contributed by atoms with E-state index in [1.54, 1.807) is 36.4 Å². The highest BCUT2D eigenvalue weighted by Crippen LogP contribution is 2.20. The number of sulfonamides is 1. The molecule has 1 atom stereocenters. The predicted molar refractivity (Wildman–Crippen MR) is 91.0 cm³/mol. The Morgan fingerprint density at radius 2 is 1.78 bits per heavy atom. The molecule has 2 rings (SSSR count). The lowest BCUT2D eigenvalue weighted by Gasteiger charge is -2.15. The highest BCUT2D eigenvalue weighted by Gasteiger charge is 2.21. The Balaban J connectivity index is 2.06. The Kier molecular flexibility index (Phi) is 5.41. The number of halogens is 1. The number of hydrogen-bond acceptors (Lipinski definition) is 3. The second-order valence-corrected chi connectivity index (χ2v) is 7.23. The molecule has 0 saturated carbocycles. The third-order valence-corrected chi connectivity index (χ3v) is 5.18. The average molecular weight is 353 g/mol. The molecule has 0 radical (unpaired) electrons. The third-order valence-electron chi connectivity index (χ3n) is 3.22. The van der Waals surface area contributed by atoms with Gasteiger partial charge in [-0.05, 0) is 43.7 Å². The van der Waals surface area contributed by atoms with Gasteiger partial charge in [-0.25, -0.2) is 8.42 Å². The van der Waals surface area contributed by atoms with Crippen LogP contribution in [0.25, 0.3) is 0 Å². The predicted octanol–water partition coefficient (Wildman–Crippen LogP) is 2.95. The maximum atomic E-state index is 12.2. The van der Waals surface area contributed by atoms with E-state index in [4.69, 9.17) is 11.6 Å². The number of carbonyl (C=O) groups excluding carboxylic acids is 1. The van der Waals surface area contributed by atoms with Crippen molar-refractivity contribution in [3.05, 3.63) is 59.1 Å². The van der Waals surface area contributed by atoms with Crippen LogP contribution in [0.15, 0.2) is 53.4 Å². The number of rotatable bonds is 5. The van der Waals surface area contributed by atoms with Crippen LogP contribution in [-0.4, -0.2) is 20.4 Å². The van der Waals surface area contributed by atoms with Gasteiger partial charge in [-0.1, -0.05) is 35.9 Å². The summed E-state index contributed by atoms with van der Waals surface area (Å²) in [5, 5.41) is 3.16. The summed E-state index contributed by atoms with van der Waals surface area (Å²) in [5.74, 6) is -0.468. The highest BCUT2D eigenvalue weighted by atomic mass is 35.5. The number of hydrogen-bond donors (Lipinski definition) is 2. The van der Waals surface area contributed by atoms with E-state index in [1.165, 1.54) is 19.1 Å². The van der Waals surface area contributed by atoms with Crippen LogP contribution in [0.3, 0.4) is 0 Å². The van der Waals surface area contributed by atoms with Crippen LogP contribution >= 0.6 is 11.6 Å². The smallest absolute Gasteiger partial charge is 0.242 e. The van der Waals surface area contributed by atoms with Gasteiger partial charge in [0.15, 0.2) is 0 Å². The van der Waals surface area contributed by atoms with E-state index in [-0.39, 0.29) is 4.90 Å². The van der Waals surface area contributed by atoms with Crippen molar-refractivity contribution >= 4 is 33.2 Å². The van der Waals surface area contributed by atoms with Gasteiger partial charge in [0.05, 0.1) is 10.9 Å². The molecule has 2 aromatic carbocycles. The monoisotopic (exact) mass is 352 g/mol. The quantitative estimate of drug-likeness (QED) is 0.868. The van der Waals surface area contributed by atoms with Crippen molar-refractivity contribution < 1.29 is 13.2 Å². The molecule has 0 heterocycles. The lowest BCUT2D eigenvalue weighted by atomic mass is 10.2. The molecule has 5 nitrogen and oxygen atoms in total. The number of aryl methyl sites for hydroxylation is 1. The lowest BCUT2D eigenvalue weighted by molar-refractivity contribution is -0.117. The maximum Gasteiger partial charge on any atom is 0.242 e. The standard InChI is InChI=1S/C16H17ClN2O3S/c1-11-8-9-13(10-15(11)17)18-16(20)12(2)19-23(21,22)14-6-4-3-5-7-14/h3-10,12,19H,1-2H3,(H,18,20)/t12-/m1/s1. The molecule has 0 saturated heterocycles. The molecular weight excluding hydrogens is 336 g/mol. The van der Waals surface area contributed by atoms with Crippen molar-refractivity contribution in [2.45, 2.75) is 24.8 Å². The topological polar surface area (TPSA) is 75.3 Å². The van der Waals surface area contributed by atoms with Crippen molar-refractivity contribution in [3.8, 4) is 0 Å². The Morgan fingerprint density at radius 1 is 1.13 bits per heavy atom. The van der Waals surface area contributed by atoms with Gasteiger partial charge in [-0.15, -0.1) is 0 Å². The second kappa shape index (κ2) is 7.12. The van der Waals surface area contributed by atoms with Crippen LogP contribution in [0.1, 0.15) is 12.5 Å². The van der Waals surface area contributed by atoms with Crippen molar-refractivity contribution in [1.82, 2.24) is 4.72 Å². The Morgan fingerprint density at radius 3 is 2.39 bits per heavy atom. The summed E-state index contributed by atoms with van der Waals surface area (Å²) in [6.07, 6.45) is 0. The Bertz CT molecular complexity index is 807. The van der Waals surface area contributed by atoms with Gasteiger partial charge in [0.25, 0.3) is 0 Å². The van der Waals surface area contributed by atoms with Crippen LogP contribution in [0.2, 0.25) is 5.02 Å². The zero-order valence-corrected chi connectivity index (χ0v) is 14.3. The molecule has 0 fully saturated rings. The first-order chi connectivity index (χ1) is 10.8. The van der Waals surface area contributed by atoms with E-state index in [9.17, 15) is 13.2 Å². The maximum absolute atomic E-state index is 12.2. The summed E-state index contributed by atoms with van der Waals surface area (Å²) in [5.41, 5.74) is 1.40. The van der Waals surface area contributed by atoms with Crippen molar-refractivity contribution in [3.63, 3.8) is 0 Å². The molecule has 0 aliphatic rings. The molecule has 7 heteroatoms. The minimum absolute atomic E-state index is 0.109. The summed E-state index contributed by atoms with van der Waals surface area (Å²) in [7, 11) is -3.75. The fourth-order valence-electron chi connectivity index (χ4n) is 1.88. The minimum Gasteiger partial charge on any atom is -0.325 e. The summed E-state index contributed by atoms with van der Waals surface area (Å²) >= 11 is 6.00. The van der Waals surface area contributed by atoms with Crippen molar-refractivity contribution in [1.29, 1.82) is 0 Å². The molecule has 0 aromatic heterocycles. The van der Waals surface area contributed by atoms with Gasteiger partial charge in [0.2, 0.25) is 15.9 Å². The molecular formula is C16H17ClN2O3S. The highest BCUT2D eigenvalue weighted by molar-refractivity contribution is 7.89. The molecule has 0 unspecified atom stereocenters. The molecule has 0 aliphatic carbocycles. The average Bonchev–Trinajstić information content (AvgIpc) is 2.51. The first kappa shape index (κ1) is 17.5. The largest absolute Gasteiger partial charge is 0.325 e. The van der Waals surface area contributed by atoms with Crippen LogP contribution in [-0.2, 0) is 14.8 Å². The van der Waals surface area contributed by atoms with Gasteiger partial charge in [-0.3, -0.25) is 4.79 Å². The molecule has 1 amide bonds. The first-order valence-electron chi connectivity index (χ1n) is 6.94. The van der Waals surface area contributed by atoms with Gasteiger partial charge < -0.3 is 5.32 Å². The molecule has 0 spiro atoms. The SMILES string of the molecule is Cc1ccc(NC(=O)[C@@H](C)NS(=O)(=O)c2ccccc2)cc1Cl. The minimum atomic E-state index is -3.75. The summed E-state index contributed by atoms with van der Waals surface area (Å²) in [6, 6.07) is 12.1. The molecule has 0 bridgehead atoms.